The first kappa shape index (κ1) is 10.9. The zero-order chi connectivity index (χ0) is 12.5. The molecule has 1 aromatic carbocycles. The summed E-state index contributed by atoms with van der Waals surface area (Å²) in [5.74, 6) is 2.18. The largest absolute Gasteiger partial charge is 0.496 e. The molecule has 3 rings (SSSR count). The average Bonchev–Trinajstić information content (AvgIpc) is 2.85. The standard InChI is InChI=1S/C14H13NO3/c1-9-4-3-5-15-14(9)10-6-12-13(18-8-17-12)7-11(10)16-2/h3-7H,8H2,1-2H3. The molecule has 18 heavy (non-hydrogen) atoms. The maximum Gasteiger partial charge on any atom is 0.231 e. The fourth-order valence-electron chi connectivity index (χ4n) is 2.04. The minimum atomic E-state index is 0.253. The van der Waals surface area contributed by atoms with Crippen LogP contribution in [0.15, 0.2) is 30.5 Å². The third-order valence-electron chi connectivity index (χ3n) is 2.96. The number of methoxy groups -OCH3 is 1. The molecule has 1 aliphatic heterocycles. The summed E-state index contributed by atoms with van der Waals surface area (Å²) in [5.41, 5.74) is 2.90. The van der Waals surface area contributed by atoms with E-state index in [2.05, 4.69) is 4.98 Å². The van der Waals surface area contributed by atoms with Crippen LogP contribution in [0.1, 0.15) is 5.56 Å². The molecule has 0 radical (unpaired) electrons. The van der Waals surface area contributed by atoms with Gasteiger partial charge in [-0.25, -0.2) is 0 Å². The Morgan fingerprint density at radius 3 is 2.72 bits per heavy atom. The fraction of sp³-hybridized carbons (Fsp3) is 0.214. The summed E-state index contributed by atoms with van der Waals surface area (Å²) in [6.45, 7) is 2.27. The highest BCUT2D eigenvalue weighted by molar-refractivity contribution is 5.74. The van der Waals surface area contributed by atoms with Crippen molar-refractivity contribution >= 4 is 0 Å². The van der Waals surface area contributed by atoms with E-state index >= 15 is 0 Å². The molecule has 0 unspecified atom stereocenters. The first-order valence-electron chi connectivity index (χ1n) is 5.69. The number of hydrogen-bond donors (Lipinski definition) is 0. The zero-order valence-corrected chi connectivity index (χ0v) is 10.3. The van der Waals surface area contributed by atoms with Crippen LogP contribution in [0.4, 0.5) is 0 Å². The molecule has 0 saturated heterocycles. The molecule has 4 heteroatoms. The topological polar surface area (TPSA) is 40.6 Å². The summed E-state index contributed by atoms with van der Waals surface area (Å²) in [4.78, 5) is 4.41. The third kappa shape index (κ3) is 1.66. The molecule has 92 valence electrons. The van der Waals surface area contributed by atoms with Crippen molar-refractivity contribution in [2.75, 3.05) is 13.9 Å². The maximum absolute atomic E-state index is 5.40. The molecule has 0 N–H and O–H groups in total. The summed E-state index contributed by atoms with van der Waals surface area (Å²) in [7, 11) is 1.64. The van der Waals surface area contributed by atoms with E-state index in [9.17, 15) is 0 Å². The molecular formula is C14H13NO3. The van der Waals surface area contributed by atoms with Crippen molar-refractivity contribution in [3.63, 3.8) is 0 Å². The van der Waals surface area contributed by atoms with Crippen LogP contribution in [0.2, 0.25) is 0 Å². The first-order chi connectivity index (χ1) is 8.79. The molecule has 0 aliphatic carbocycles. The lowest BCUT2D eigenvalue weighted by Crippen LogP contribution is -1.93. The second-order valence-electron chi connectivity index (χ2n) is 4.07. The number of rotatable bonds is 2. The second-order valence-corrected chi connectivity index (χ2v) is 4.07. The van der Waals surface area contributed by atoms with E-state index < -0.39 is 0 Å². The van der Waals surface area contributed by atoms with Crippen molar-refractivity contribution < 1.29 is 14.2 Å². The van der Waals surface area contributed by atoms with Gasteiger partial charge in [0, 0.05) is 17.8 Å². The van der Waals surface area contributed by atoms with E-state index in [0.29, 0.717) is 5.75 Å². The zero-order valence-electron chi connectivity index (χ0n) is 10.3. The molecule has 0 bridgehead atoms. The van der Waals surface area contributed by atoms with E-state index in [1.807, 2.05) is 31.2 Å². The number of nitrogens with zero attached hydrogens (tertiary/aromatic N) is 1. The number of aryl methyl sites for hydroxylation is 1. The van der Waals surface area contributed by atoms with Crippen LogP contribution >= 0.6 is 0 Å². The maximum atomic E-state index is 5.40. The van der Waals surface area contributed by atoms with E-state index in [-0.39, 0.29) is 6.79 Å². The lowest BCUT2D eigenvalue weighted by molar-refractivity contribution is 0.174. The minimum absolute atomic E-state index is 0.253. The van der Waals surface area contributed by atoms with E-state index in [1.165, 1.54) is 0 Å². The predicted molar refractivity (Wildman–Crippen MR) is 67.1 cm³/mol. The van der Waals surface area contributed by atoms with Crippen LogP contribution in [-0.4, -0.2) is 18.9 Å². The van der Waals surface area contributed by atoms with Crippen LogP contribution in [0.5, 0.6) is 17.2 Å². The lowest BCUT2D eigenvalue weighted by atomic mass is 10.0. The van der Waals surface area contributed by atoms with E-state index in [1.54, 1.807) is 13.3 Å². The van der Waals surface area contributed by atoms with Gasteiger partial charge >= 0.3 is 0 Å². The summed E-state index contributed by atoms with van der Waals surface area (Å²) in [5, 5.41) is 0. The molecule has 0 spiro atoms. The van der Waals surface area contributed by atoms with Crippen LogP contribution < -0.4 is 14.2 Å². The quantitative estimate of drug-likeness (QED) is 0.813. The Bertz CT molecular complexity index is 596. The van der Waals surface area contributed by atoms with Crippen molar-refractivity contribution in [2.24, 2.45) is 0 Å². The van der Waals surface area contributed by atoms with Crippen LogP contribution in [0.3, 0.4) is 0 Å². The SMILES string of the molecule is COc1cc2c(cc1-c1ncccc1C)OCO2. The Balaban J connectivity index is 2.20. The fourth-order valence-corrected chi connectivity index (χ4v) is 2.04. The van der Waals surface area contributed by atoms with Crippen molar-refractivity contribution in [2.45, 2.75) is 6.92 Å². The number of benzene rings is 1. The van der Waals surface area contributed by atoms with Gasteiger partial charge in [0.15, 0.2) is 11.5 Å². The van der Waals surface area contributed by atoms with Gasteiger partial charge in [0.1, 0.15) is 5.75 Å². The Morgan fingerprint density at radius 1 is 1.22 bits per heavy atom. The lowest BCUT2D eigenvalue weighted by Gasteiger charge is -2.11. The number of ether oxygens (including phenoxy) is 3. The normalized spacial score (nSPS) is 12.6. The molecule has 0 saturated carbocycles. The summed E-state index contributed by atoms with van der Waals surface area (Å²) < 4.78 is 16.1. The second kappa shape index (κ2) is 4.22. The third-order valence-corrected chi connectivity index (χ3v) is 2.96. The Hall–Kier alpha value is -2.23. The molecule has 1 aromatic heterocycles. The monoisotopic (exact) mass is 243 g/mol. The molecule has 0 fully saturated rings. The summed E-state index contributed by atoms with van der Waals surface area (Å²) in [6, 6.07) is 7.69. The molecule has 0 atom stereocenters. The molecule has 2 heterocycles. The minimum Gasteiger partial charge on any atom is -0.496 e. The Labute approximate surface area is 105 Å². The average molecular weight is 243 g/mol. The molecule has 2 aromatic rings. The van der Waals surface area contributed by atoms with Crippen molar-refractivity contribution in [1.82, 2.24) is 4.98 Å². The highest BCUT2D eigenvalue weighted by Crippen LogP contribution is 2.42. The number of fused-ring (bicyclic) bond motifs is 1. The van der Waals surface area contributed by atoms with Crippen molar-refractivity contribution in [3.05, 3.63) is 36.0 Å². The first-order valence-corrected chi connectivity index (χ1v) is 5.69. The Morgan fingerprint density at radius 2 is 2.00 bits per heavy atom. The van der Waals surface area contributed by atoms with Gasteiger partial charge in [-0.05, 0) is 24.6 Å². The van der Waals surface area contributed by atoms with Crippen LogP contribution in [-0.2, 0) is 0 Å². The van der Waals surface area contributed by atoms with Gasteiger partial charge in [0.05, 0.1) is 12.8 Å². The highest BCUT2D eigenvalue weighted by Gasteiger charge is 2.19. The molecular weight excluding hydrogens is 230 g/mol. The van der Waals surface area contributed by atoms with Crippen molar-refractivity contribution in [3.8, 4) is 28.5 Å². The summed E-state index contributed by atoms with van der Waals surface area (Å²) >= 11 is 0. The van der Waals surface area contributed by atoms with Crippen molar-refractivity contribution in [1.29, 1.82) is 0 Å². The van der Waals surface area contributed by atoms with Crippen LogP contribution in [0, 0.1) is 6.92 Å². The highest BCUT2D eigenvalue weighted by atomic mass is 16.7. The molecule has 1 aliphatic rings. The van der Waals surface area contributed by atoms with Gasteiger partial charge in [-0.2, -0.15) is 0 Å². The number of aromatic nitrogens is 1. The number of pyridine rings is 1. The Kier molecular flexibility index (Phi) is 2.55. The summed E-state index contributed by atoms with van der Waals surface area (Å²) in [6.07, 6.45) is 1.77. The van der Waals surface area contributed by atoms with E-state index in [0.717, 1.165) is 28.3 Å². The van der Waals surface area contributed by atoms with Gasteiger partial charge in [0.2, 0.25) is 6.79 Å². The molecule has 0 amide bonds. The van der Waals surface area contributed by atoms with Gasteiger partial charge in [0.25, 0.3) is 0 Å². The van der Waals surface area contributed by atoms with Gasteiger partial charge in [-0.1, -0.05) is 6.07 Å². The van der Waals surface area contributed by atoms with Gasteiger partial charge in [-0.15, -0.1) is 0 Å². The van der Waals surface area contributed by atoms with E-state index in [4.69, 9.17) is 14.2 Å². The smallest absolute Gasteiger partial charge is 0.231 e. The van der Waals surface area contributed by atoms with Gasteiger partial charge in [-0.3, -0.25) is 4.98 Å². The predicted octanol–water partition coefficient (Wildman–Crippen LogP) is 2.79. The van der Waals surface area contributed by atoms with Crippen LogP contribution in [0.25, 0.3) is 11.3 Å². The van der Waals surface area contributed by atoms with Gasteiger partial charge < -0.3 is 14.2 Å². The number of hydrogen-bond acceptors (Lipinski definition) is 4. The molecule has 4 nitrogen and oxygen atoms in total.